The van der Waals surface area contributed by atoms with Crippen LogP contribution < -0.4 is 10.6 Å². The molecule has 0 heterocycles. The van der Waals surface area contributed by atoms with Crippen LogP contribution in [-0.2, 0) is 0 Å². The summed E-state index contributed by atoms with van der Waals surface area (Å²) in [6, 6.07) is 5.66. The maximum Gasteiger partial charge on any atom is 0.124 e. The van der Waals surface area contributed by atoms with Gasteiger partial charge >= 0.3 is 0 Å². The SMILES string of the molecule is CC1CC1CN(C)c1ccc(C(=N)N)c(Cl)c1. The van der Waals surface area contributed by atoms with E-state index in [-0.39, 0.29) is 5.84 Å². The molecule has 0 aromatic heterocycles. The fourth-order valence-electron chi connectivity index (χ4n) is 2.07. The summed E-state index contributed by atoms with van der Waals surface area (Å²) in [5, 5.41) is 7.93. The number of benzene rings is 1. The third kappa shape index (κ3) is 2.72. The zero-order valence-electron chi connectivity index (χ0n) is 10.2. The van der Waals surface area contributed by atoms with Gasteiger partial charge in [0, 0.05) is 24.8 Å². The van der Waals surface area contributed by atoms with Gasteiger partial charge in [0.05, 0.1) is 5.02 Å². The van der Waals surface area contributed by atoms with E-state index >= 15 is 0 Å². The van der Waals surface area contributed by atoms with Crippen molar-refractivity contribution in [3.8, 4) is 0 Å². The largest absolute Gasteiger partial charge is 0.384 e. The summed E-state index contributed by atoms with van der Waals surface area (Å²) in [4.78, 5) is 2.21. The number of anilines is 1. The molecular formula is C13H18ClN3. The molecule has 0 radical (unpaired) electrons. The Kier molecular flexibility index (Phi) is 3.29. The minimum atomic E-state index is 0.0139. The molecule has 1 aliphatic carbocycles. The first-order valence-electron chi connectivity index (χ1n) is 5.84. The Morgan fingerprint density at radius 2 is 2.24 bits per heavy atom. The molecule has 0 bridgehead atoms. The molecule has 2 unspecified atom stereocenters. The third-order valence-corrected chi connectivity index (χ3v) is 3.78. The molecule has 0 amide bonds. The van der Waals surface area contributed by atoms with E-state index in [4.69, 9.17) is 22.7 Å². The Hall–Kier alpha value is -1.22. The minimum Gasteiger partial charge on any atom is -0.384 e. The van der Waals surface area contributed by atoms with E-state index in [1.807, 2.05) is 18.2 Å². The van der Waals surface area contributed by atoms with Crippen LogP contribution in [0.5, 0.6) is 0 Å². The summed E-state index contributed by atoms with van der Waals surface area (Å²) >= 11 is 6.10. The maximum atomic E-state index is 7.38. The number of amidine groups is 1. The summed E-state index contributed by atoms with van der Waals surface area (Å²) < 4.78 is 0. The molecule has 0 spiro atoms. The quantitative estimate of drug-likeness (QED) is 0.639. The molecule has 1 aromatic carbocycles. The maximum absolute atomic E-state index is 7.38. The second kappa shape index (κ2) is 4.57. The number of nitrogens with one attached hydrogen (secondary N) is 1. The molecule has 1 saturated carbocycles. The summed E-state index contributed by atoms with van der Waals surface area (Å²) in [6.45, 7) is 3.35. The summed E-state index contributed by atoms with van der Waals surface area (Å²) in [5.41, 5.74) is 7.12. The first kappa shape index (κ1) is 12.2. The van der Waals surface area contributed by atoms with Crippen LogP contribution in [0, 0.1) is 17.2 Å². The van der Waals surface area contributed by atoms with E-state index < -0.39 is 0 Å². The number of nitrogens with two attached hydrogens (primary N) is 1. The van der Waals surface area contributed by atoms with Gasteiger partial charge in [-0.05, 0) is 36.5 Å². The highest BCUT2D eigenvalue weighted by Gasteiger charge is 2.33. The smallest absolute Gasteiger partial charge is 0.124 e. The summed E-state index contributed by atoms with van der Waals surface area (Å²) in [7, 11) is 2.07. The third-order valence-electron chi connectivity index (χ3n) is 3.47. The lowest BCUT2D eigenvalue weighted by molar-refractivity contribution is 0.725. The van der Waals surface area contributed by atoms with Crippen molar-refractivity contribution in [2.45, 2.75) is 13.3 Å². The number of hydrogen-bond acceptors (Lipinski definition) is 2. The normalized spacial score (nSPS) is 22.3. The molecule has 0 aliphatic heterocycles. The van der Waals surface area contributed by atoms with Gasteiger partial charge in [0.15, 0.2) is 0 Å². The van der Waals surface area contributed by atoms with Crippen LogP contribution in [-0.4, -0.2) is 19.4 Å². The highest BCUT2D eigenvalue weighted by Crippen LogP contribution is 2.38. The predicted octanol–water partition coefficient (Wildman–Crippen LogP) is 2.72. The number of hydrogen-bond donors (Lipinski definition) is 2. The molecule has 2 atom stereocenters. The van der Waals surface area contributed by atoms with E-state index in [0.717, 1.165) is 24.1 Å². The Morgan fingerprint density at radius 1 is 1.59 bits per heavy atom. The Balaban J connectivity index is 2.10. The predicted molar refractivity (Wildman–Crippen MR) is 73.0 cm³/mol. The van der Waals surface area contributed by atoms with Gasteiger partial charge in [-0.3, -0.25) is 5.41 Å². The van der Waals surface area contributed by atoms with Crippen molar-refractivity contribution in [3.63, 3.8) is 0 Å². The van der Waals surface area contributed by atoms with Crippen LogP contribution in [0.15, 0.2) is 18.2 Å². The summed E-state index contributed by atoms with van der Waals surface area (Å²) in [5.74, 6) is 1.68. The number of nitrogen functional groups attached to an aromatic ring is 1. The Labute approximate surface area is 107 Å². The molecule has 1 aliphatic rings. The molecule has 1 fully saturated rings. The average Bonchev–Trinajstić information content (AvgIpc) is 2.93. The van der Waals surface area contributed by atoms with Crippen molar-refractivity contribution in [2.24, 2.45) is 17.6 Å². The molecule has 17 heavy (non-hydrogen) atoms. The van der Waals surface area contributed by atoms with E-state index in [0.29, 0.717) is 10.6 Å². The topological polar surface area (TPSA) is 53.1 Å². The number of halogens is 1. The lowest BCUT2D eigenvalue weighted by Crippen LogP contribution is -2.21. The standard InChI is InChI=1S/C13H18ClN3/c1-8-5-9(8)7-17(2)10-3-4-11(13(15)16)12(14)6-10/h3-4,6,8-9H,5,7H2,1-2H3,(H3,15,16). The molecule has 3 N–H and O–H groups in total. The Morgan fingerprint density at radius 3 is 2.71 bits per heavy atom. The fourth-order valence-corrected chi connectivity index (χ4v) is 2.35. The van der Waals surface area contributed by atoms with Crippen molar-refractivity contribution in [3.05, 3.63) is 28.8 Å². The van der Waals surface area contributed by atoms with Gasteiger partial charge in [0.1, 0.15) is 5.84 Å². The molecular weight excluding hydrogens is 234 g/mol. The monoisotopic (exact) mass is 251 g/mol. The lowest BCUT2D eigenvalue weighted by Gasteiger charge is -2.20. The molecule has 4 heteroatoms. The second-order valence-corrected chi connectivity index (χ2v) is 5.34. The van der Waals surface area contributed by atoms with Gasteiger partial charge in [0.25, 0.3) is 0 Å². The Bertz CT molecular complexity index is 444. The van der Waals surface area contributed by atoms with E-state index in [1.165, 1.54) is 6.42 Å². The minimum absolute atomic E-state index is 0.0139. The number of rotatable bonds is 4. The van der Waals surface area contributed by atoms with Crippen molar-refractivity contribution in [1.82, 2.24) is 0 Å². The van der Waals surface area contributed by atoms with Crippen molar-refractivity contribution in [2.75, 3.05) is 18.5 Å². The molecule has 1 aromatic rings. The zero-order valence-corrected chi connectivity index (χ0v) is 11.0. The van der Waals surface area contributed by atoms with Gasteiger partial charge in [0.2, 0.25) is 0 Å². The van der Waals surface area contributed by atoms with E-state index in [2.05, 4.69) is 18.9 Å². The van der Waals surface area contributed by atoms with Crippen molar-refractivity contribution < 1.29 is 0 Å². The van der Waals surface area contributed by atoms with Gasteiger partial charge in [-0.25, -0.2) is 0 Å². The van der Waals surface area contributed by atoms with Crippen LogP contribution >= 0.6 is 11.6 Å². The van der Waals surface area contributed by atoms with E-state index in [9.17, 15) is 0 Å². The van der Waals surface area contributed by atoms with Crippen LogP contribution in [0.25, 0.3) is 0 Å². The first-order chi connectivity index (χ1) is 7.99. The second-order valence-electron chi connectivity index (χ2n) is 4.93. The van der Waals surface area contributed by atoms with Gasteiger partial charge < -0.3 is 10.6 Å². The fraction of sp³-hybridized carbons (Fsp3) is 0.462. The number of nitrogens with zero attached hydrogens (tertiary/aromatic N) is 1. The van der Waals surface area contributed by atoms with Crippen molar-refractivity contribution >= 4 is 23.1 Å². The average molecular weight is 252 g/mol. The molecule has 2 rings (SSSR count). The lowest BCUT2D eigenvalue weighted by atomic mass is 10.1. The van der Waals surface area contributed by atoms with Gasteiger partial charge in [-0.2, -0.15) is 0 Å². The van der Waals surface area contributed by atoms with Crippen LogP contribution in [0.4, 0.5) is 5.69 Å². The van der Waals surface area contributed by atoms with E-state index in [1.54, 1.807) is 0 Å². The highest BCUT2D eigenvalue weighted by molar-refractivity contribution is 6.34. The molecule has 92 valence electrons. The first-order valence-corrected chi connectivity index (χ1v) is 6.22. The van der Waals surface area contributed by atoms with Crippen molar-refractivity contribution in [1.29, 1.82) is 5.41 Å². The zero-order chi connectivity index (χ0) is 12.6. The van der Waals surface area contributed by atoms with Crippen LogP contribution in [0.3, 0.4) is 0 Å². The van der Waals surface area contributed by atoms with Crippen LogP contribution in [0.1, 0.15) is 18.9 Å². The molecule has 3 nitrogen and oxygen atoms in total. The molecule has 0 saturated heterocycles. The van der Waals surface area contributed by atoms with Gasteiger partial charge in [-0.15, -0.1) is 0 Å². The van der Waals surface area contributed by atoms with Gasteiger partial charge in [-0.1, -0.05) is 18.5 Å². The van der Waals surface area contributed by atoms with Crippen LogP contribution in [0.2, 0.25) is 5.02 Å². The summed E-state index contributed by atoms with van der Waals surface area (Å²) in [6.07, 6.45) is 1.32. The highest BCUT2D eigenvalue weighted by atomic mass is 35.5.